The molecule has 0 fully saturated rings. The fraction of sp³-hybridized carbons (Fsp3) is 0.158. The van der Waals surface area contributed by atoms with E-state index >= 15 is 0 Å². The lowest BCUT2D eigenvalue weighted by Crippen LogP contribution is -2.19. The first kappa shape index (κ1) is 15.6. The van der Waals surface area contributed by atoms with Crippen LogP contribution in [0.25, 0.3) is 10.2 Å². The zero-order chi connectivity index (χ0) is 17.7. The Bertz CT molecular complexity index is 1090. The van der Waals surface area contributed by atoms with Gasteiger partial charge in [-0.3, -0.25) is 0 Å². The number of pyridine rings is 1. The Morgan fingerprint density at radius 1 is 1.32 bits per heavy atom. The van der Waals surface area contributed by atoms with Crippen molar-refractivity contribution in [2.45, 2.75) is 19.8 Å². The first-order chi connectivity index (χ1) is 12.0. The molecule has 2 N–H and O–H groups in total. The monoisotopic (exact) mass is 351 g/mol. The third-order valence-corrected chi connectivity index (χ3v) is 5.43. The summed E-state index contributed by atoms with van der Waals surface area (Å²) in [6.07, 6.45) is 0. The highest BCUT2D eigenvalue weighted by Gasteiger charge is 2.34. The van der Waals surface area contributed by atoms with Gasteiger partial charge in [0.05, 0.1) is 16.2 Å². The predicted molar refractivity (Wildman–Crippen MR) is 94.8 cm³/mol. The van der Waals surface area contributed by atoms with Crippen molar-refractivity contribution < 1.29 is 9.13 Å². The van der Waals surface area contributed by atoms with E-state index in [0.29, 0.717) is 16.9 Å². The minimum Gasteiger partial charge on any atom is -0.439 e. The summed E-state index contributed by atoms with van der Waals surface area (Å²) in [7, 11) is 0. The summed E-state index contributed by atoms with van der Waals surface area (Å²) in [5.41, 5.74) is 8.93. The van der Waals surface area contributed by atoms with Crippen LogP contribution in [0.2, 0.25) is 0 Å². The Morgan fingerprint density at radius 2 is 2.12 bits per heavy atom. The average molecular weight is 351 g/mol. The Balaban J connectivity index is 2.04. The lowest BCUT2D eigenvalue weighted by atomic mass is 9.88. The smallest absolute Gasteiger partial charge is 0.205 e. The number of benzene rings is 1. The highest BCUT2D eigenvalue weighted by Crippen LogP contribution is 2.50. The number of nitrogens with zero attached hydrogens (tertiary/aromatic N) is 2. The van der Waals surface area contributed by atoms with Crippen molar-refractivity contribution in [1.29, 1.82) is 5.26 Å². The molecule has 4 nitrogen and oxygen atoms in total. The van der Waals surface area contributed by atoms with Crippen LogP contribution in [0.3, 0.4) is 0 Å². The lowest BCUT2D eigenvalue weighted by molar-refractivity contribution is 0.401. The molecule has 2 aromatic heterocycles. The summed E-state index contributed by atoms with van der Waals surface area (Å²) in [5, 5.41) is 10.5. The molecule has 6 heteroatoms. The second-order valence-electron chi connectivity index (χ2n) is 6.04. The van der Waals surface area contributed by atoms with Gasteiger partial charge in [-0.15, -0.1) is 11.3 Å². The van der Waals surface area contributed by atoms with Crippen molar-refractivity contribution in [1.82, 2.24) is 4.98 Å². The zero-order valence-corrected chi connectivity index (χ0v) is 14.4. The third-order valence-electron chi connectivity index (χ3n) is 4.30. The second-order valence-corrected chi connectivity index (χ2v) is 7.07. The van der Waals surface area contributed by atoms with Gasteiger partial charge in [0.25, 0.3) is 0 Å². The first-order valence-corrected chi connectivity index (χ1v) is 8.55. The third kappa shape index (κ3) is 2.36. The summed E-state index contributed by atoms with van der Waals surface area (Å²) < 4.78 is 19.6. The molecule has 1 aliphatic heterocycles. The number of hydrogen-bond acceptors (Lipinski definition) is 5. The number of thiophene rings is 1. The van der Waals surface area contributed by atoms with Crippen LogP contribution in [0.1, 0.15) is 27.6 Å². The summed E-state index contributed by atoms with van der Waals surface area (Å²) in [4.78, 5) is 6.24. The van der Waals surface area contributed by atoms with Crippen LogP contribution in [-0.4, -0.2) is 4.98 Å². The largest absolute Gasteiger partial charge is 0.439 e. The second kappa shape index (κ2) is 5.57. The summed E-state index contributed by atoms with van der Waals surface area (Å²) >= 11 is 1.46. The van der Waals surface area contributed by atoms with E-state index in [2.05, 4.69) is 11.1 Å². The van der Waals surface area contributed by atoms with Crippen LogP contribution in [0.4, 0.5) is 4.39 Å². The first-order valence-electron chi connectivity index (χ1n) is 7.73. The molecule has 0 bridgehead atoms. The molecular formula is C19H14FN3OS. The van der Waals surface area contributed by atoms with E-state index in [-0.39, 0.29) is 11.7 Å². The molecule has 3 aromatic rings. The molecule has 0 spiro atoms. The van der Waals surface area contributed by atoms with Gasteiger partial charge in [0, 0.05) is 5.69 Å². The van der Waals surface area contributed by atoms with Gasteiger partial charge in [-0.1, -0.05) is 12.1 Å². The Kier molecular flexibility index (Phi) is 3.48. The highest BCUT2D eigenvalue weighted by atomic mass is 32.1. The Labute approximate surface area is 148 Å². The number of aryl methyl sites for hydroxylation is 2. The molecule has 0 radical (unpaired) electrons. The Morgan fingerprint density at radius 3 is 2.84 bits per heavy atom. The summed E-state index contributed by atoms with van der Waals surface area (Å²) in [5.74, 6) is -0.129. The topological polar surface area (TPSA) is 71.9 Å². The maximum absolute atomic E-state index is 13.8. The molecule has 4 rings (SSSR count). The fourth-order valence-electron chi connectivity index (χ4n) is 3.28. The molecule has 1 atom stereocenters. The van der Waals surface area contributed by atoms with E-state index in [9.17, 15) is 9.65 Å². The van der Waals surface area contributed by atoms with Gasteiger partial charge < -0.3 is 10.5 Å². The van der Waals surface area contributed by atoms with Gasteiger partial charge in [0.2, 0.25) is 5.88 Å². The van der Waals surface area contributed by atoms with Gasteiger partial charge in [-0.2, -0.15) is 5.26 Å². The number of halogens is 1. The minimum absolute atomic E-state index is 0.0592. The molecule has 3 heterocycles. The van der Waals surface area contributed by atoms with E-state index < -0.39 is 5.92 Å². The highest BCUT2D eigenvalue weighted by molar-refractivity contribution is 7.19. The lowest BCUT2D eigenvalue weighted by Gasteiger charge is -2.24. The summed E-state index contributed by atoms with van der Waals surface area (Å²) in [6, 6.07) is 10.3. The van der Waals surface area contributed by atoms with Gasteiger partial charge >= 0.3 is 0 Å². The molecule has 0 amide bonds. The SMILES string of the molecule is Cc1cc(C)c2c3c(sc2n1)[C@H](c1cccc(F)c1)C(C#N)=C(N)O3. The normalized spacial score (nSPS) is 16.5. The van der Waals surface area contributed by atoms with Crippen molar-refractivity contribution in [3.05, 3.63) is 69.3 Å². The van der Waals surface area contributed by atoms with E-state index in [4.69, 9.17) is 10.5 Å². The number of ether oxygens (including phenoxy) is 1. The predicted octanol–water partition coefficient (Wildman–Crippen LogP) is 4.27. The maximum atomic E-state index is 13.8. The van der Waals surface area contributed by atoms with E-state index in [0.717, 1.165) is 26.4 Å². The Hall–Kier alpha value is -2.91. The summed E-state index contributed by atoms with van der Waals surface area (Å²) in [6.45, 7) is 3.92. The molecule has 25 heavy (non-hydrogen) atoms. The van der Waals surface area contributed by atoms with Crippen molar-refractivity contribution >= 4 is 21.6 Å². The molecule has 124 valence electrons. The van der Waals surface area contributed by atoms with Crippen molar-refractivity contribution in [3.8, 4) is 11.8 Å². The number of nitriles is 1. The van der Waals surface area contributed by atoms with Crippen LogP contribution in [0, 0.1) is 31.0 Å². The molecule has 1 aromatic carbocycles. The van der Waals surface area contributed by atoms with Crippen LogP contribution in [0.5, 0.6) is 5.75 Å². The van der Waals surface area contributed by atoms with Gasteiger partial charge in [-0.05, 0) is 43.2 Å². The number of nitrogens with two attached hydrogens (primary N) is 1. The zero-order valence-electron chi connectivity index (χ0n) is 13.6. The van der Waals surface area contributed by atoms with Crippen LogP contribution in [-0.2, 0) is 0 Å². The average Bonchev–Trinajstić information content (AvgIpc) is 2.91. The molecule has 1 aliphatic rings. The minimum atomic E-state index is -0.455. The van der Waals surface area contributed by atoms with Crippen LogP contribution >= 0.6 is 11.3 Å². The molecule has 0 aliphatic carbocycles. The van der Waals surface area contributed by atoms with E-state index in [1.54, 1.807) is 12.1 Å². The van der Waals surface area contributed by atoms with Crippen molar-refractivity contribution in [2.75, 3.05) is 0 Å². The maximum Gasteiger partial charge on any atom is 0.205 e. The van der Waals surface area contributed by atoms with Crippen molar-refractivity contribution in [2.24, 2.45) is 5.73 Å². The number of hydrogen-bond donors (Lipinski definition) is 1. The van der Waals surface area contributed by atoms with E-state index in [1.165, 1.54) is 23.5 Å². The molecular weight excluding hydrogens is 337 g/mol. The number of allylic oxidation sites excluding steroid dienone is 1. The molecule has 0 unspecified atom stereocenters. The van der Waals surface area contributed by atoms with Crippen molar-refractivity contribution in [3.63, 3.8) is 0 Å². The van der Waals surface area contributed by atoms with Crippen LogP contribution < -0.4 is 10.5 Å². The molecule has 0 saturated carbocycles. The van der Waals surface area contributed by atoms with Gasteiger partial charge in [0.1, 0.15) is 22.3 Å². The van der Waals surface area contributed by atoms with Crippen LogP contribution in [0.15, 0.2) is 41.8 Å². The van der Waals surface area contributed by atoms with Gasteiger partial charge in [0.15, 0.2) is 5.75 Å². The molecule has 0 saturated heterocycles. The number of rotatable bonds is 1. The van der Waals surface area contributed by atoms with Gasteiger partial charge in [-0.25, -0.2) is 9.37 Å². The number of aromatic nitrogens is 1. The fourth-order valence-corrected chi connectivity index (χ4v) is 4.64. The van der Waals surface area contributed by atoms with E-state index in [1.807, 2.05) is 19.9 Å². The standard InChI is InChI=1S/C19H14FN3OS/c1-9-6-10(2)23-19-14(9)16-17(25-19)15(13(8-21)18(22)24-16)11-4-3-5-12(20)7-11/h3-7,15H,22H2,1-2H3/t15-/m1/s1. The quantitative estimate of drug-likeness (QED) is 0.711. The number of fused-ring (bicyclic) bond motifs is 3.